The van der Waals surface area contributed by atoms with Crippen molar-refractivity contribution in [3.05, 3.63) is 22.8 Å². The molecule has 21 heavy (non-hydrogen) atoms. The standard InChI is InChI=1S/C14H18F3NO3/c1-3-5-8-7-10(13(18-21)14(15,16)17)12(20)9(6-4-2)11(8)19/h7,19-21H,3-6H2,1-2H3/b18-13-. The zero-order valence-corrected chi connectivity index (χ0v) is 11.8. The van der Waals surface area contributed by atoms with Crippen LogP contribution in [0.4, 0.5) is 13.2 Å². The molecule has 7 heteroatoms. The first-order valence-electron chi connectivity index (χ1n) is 6.64. The van der Waals surface area contributed by atoms with Gasteiger partial charge in [0.05, 0.1) is 5.56 Å². The molecule has 0 aromatic heterocycles. The highest BCUT2D eigenvalue weighted by atomic mass is 19.4. The number of nitrogens with zero attached hydrogens (tertiary/aromatic N) is 1. The van der Waals surface area contributed by atoms with Crippen molar-refractivity contribution in [3.63, 3.8) is 0 Å². The summed E-state index contributed by atoms with van der Waals surface area (Å²) in [5, 5.41) is 31.0. The summed E-state index contributed by atoms with van der Waals surface area (Å²) in [5.41, 5.74) is -1.85. The fraction of sp³-hybridized carbons (Fsp3) is 0.500. The molecular weight excluding hydrogens is 287 g/mol. The summed E-state index contributed by atoms with van der Waals surface area (Å²) in [5.74, 6) is -0.890. The third-order valence-electron chi connectivity index (χ3n) is 3.09. The molecule has 0 heterocycles. The van der Waals surface area contributed by atoms with E-state index >= 15 is 0 Å². The van der Waals surface area contributed by atoms with Crippen LogP contribution in [0.15, 0.2) is 11.2 Å². The van der Waals surface area contributed by atoms with Gasteiger partial charge in [-0.2, -0.15) is 13.2 Å². The van der Waals surface area contributed by atoms with Crippen molar-refractivity contribution >= 4 is 5.71 Å². The Morgan fingerprint density at radius 1 is 1.10 bits per heavy atom. The highest BCUT2D eigenvalue weighted by molar-refractivity contribution is 6.07. The molecule has 0 spiro atoms. The van der Waals surface area contributed by atoms with Crippen LogP contribution in [0.5, 0.6) is 11.5 Å². The largest absolute Gasteiger partial charge is 0.507 e. The van der Waals surface area contributed by atoms with Crippen molar-refractivity contribution in [1.82, 2.24) is 0 Å². The lowest BCUT2D eigenvalue weighted by Crippen LogP contribution is -2.24. The second kappa shape index (κ2) is 6.69. The molecule has 0 aliphatic heterocycles. The molecule has 0 bridgehead atoms. The van der Waals surface area contributed by atoms with Gasteiger partial charge in [-0.3, -0.25) is 0 Å². The average Bonchev–Trinajstić information content (AvgIpc) is 2.39. The van der Waals surface area contributed by atoms with E-state index in [9.17, 15) is 23.4 Å². The number of benzene rings is 1. The smallest absolute Gasteiger partial charge is 0.437 e. The molecule has 118 valence electrons. The summed E-state index contributed by atoms with van der Waals surface area (Å²) in [6, 6.07) is 1.02. The van der Waals surface area contributed by atoms with Crippen LogP contribution in [-0.4, -0.2) is 27.3 Å². The molecule has 0 fully saturated rings. The van der Waals surface area contributed by atoms with Gasteiger partial charge in [0.2, 0.25) is 0 Å². The first-order valence-corrected chi connectivity index (χ1v) is 6.64. The maximum absolute atomic E-state index is 12.9. The molecule has 0 amide bonds. The number of hydrogen-bond acceptors (Lipinski definition) is 4. The molecule has 0 aliphatic rings. The van der Waals surface area contributed by atoms with E-state index in [4.69, 9.17) is 5.21 Å². The number of rotatable bonds is 5. The topological polar surface area (TPSA) is 73.1 Å². The van der Waals surface area contributed by atoms with Gasteiger partial charge < -0.3 is 15.4 Å². The van der Waals surface area contributed by atoms with Gasteiger partial charge in [-0.15, -0.1) is 0 Å². The summed E-state index contributed by atoms with van der Waals surface area (Å²) in [6.45, 7) is 3.59. The third kappa shape index (κ3) is 3.59. The third-order valence-corrected chi connectivity index (χ3v) is 3.09. The zero-order chi connectivity index (χ0) is 16.2. The second-order valence-corrected chi connectivity index (χ2v) is 4.71. The minimum atomic E-state index is -4.91. The molecule has 0 saturated carbocycles. The van der Waals surface area contributed by atoms with Gasteiger partial charge in [0.15, 0.2) is 5.71 Å². The van der Waals surface area contributed by atoms with Gasteiger partial charge in [0.25, 0.3) is 0 Å². The Labute approximate surface area is 120 Å². The van der Waals surface area contributed by atoms with E-state index in [0.717, 1.165) is 6.07 Å². The first-order chi connectivity index (χ1) is 9.77. The van der Waals surface area contributed by atoms with Crippen LogP contribution in [0.1, 0.15) is 43.4 Å². The van der Waals surface area contributed by atoms with Crippen LogP contribution >= 0.6 is 0 Å². The molecule has 0 saturated heterocycles. The number of oxime groups is 1. The SMILES string of the molecule is CCCc1cc(/C(=N/O)C(F)(F)F)c(O)c(CCC)c1O. The summed E-state index contributed by atoms with van der Waals surface area (Å²) in [6.07, 6.45) is -3.18. The minimum Gasteiger partial charge on any atom is -0.507 e. The van der Waals surface area contributed by atoms with E-state index in [0.29, 0.717) is 24.8 Å². The van der Waals surface area contributed by atoms with Crippen molar-refractivity contribution in [3.8, 4) is 11.5 Å². The average molecular weight is 305 g/mol. The number of phenolic OH excluding ortho intramolecular Hbond substituents is 2. The van der Waals surface area contributed by atoms with Crippen molar-refractivity contribution in [2.45, 2.75) is 45.7 Å². The van der Waals surface area contributed by atoms with Crippen LogP contribution in [-0.2, 0) is 12.8 Å². The fourth-order valence-corrected chi connectivity index (χ4v) is 2.17. The molecule has 1 aromatic rings. The Balaban J connectivity index is 3.58. The van der Waals surface area contributed by atoms with Gasteiger partial charge in [-0.05, 0) is 24.5 Å². The van der Waals surface area contributed by atoms with Crippen LogP contribution < -0.4 is 0 Å². The lowest BCUT2D eigenvalue weighted by Gasteiger charge is -2.17. The van der Waals surface area contributed by atoms with Crippen molar-refractivity contribution in [1.29, 1.82) is 0 Å². The number of alkyl halides is 3. The van der Waals surface area contributed by atoms with E-state index in [1.807, 2.05) is 6.92 Å². The molecule has 4 nitrogen and oxygen atoms in total. The molecule has 0 unspecified atom stereocenters. The summed E-state index contributed by atoms with van der Waals surface area (Å²) >= 11 is 0. The van der Waals surface area contributed by atoms with Gasteiger partial charge >= 0.3 is 6.18 Å². The predicted molar refractivity (Wildman–Crippen MR) is 72.1 cm³/mol. The van der Waals surface area contributed by atoms with Crippen LogP contribution in [0, 0.1) is 0 Å². The van der Waals surface area contributed by atoms with Gasteiger partial charge in [0.1, 0.15) is 11.5 Å². The Kier molecular flexibility index (Phi) is 5.46. The maximum atomic E-state index is 12.9. The van der Waals surface area contributed by atoms with E-state index in [2.05, 4.69) is 5.16 Å². The van der Waals surface area contributed by atoms with Crippen molar-refractivity contribution in [2.75, 3.05) is 0 Å². The molecule has 0 aliphatic carbocycles. The van der Waals surface area contributed by atoms with E-state index in [1.165, 1.54) is 0 Å². The Bertz CT molecular complexity index is 539. The van der Waals surface area contributed by atoms with E-state index in [1.54, 1.807) is 6.92 Å². The minimum absolute atomic E-state index is 0.0452. The Hall–Kier alpha value is -1.92. The second-order valence-electron chi connectivity index (χ2n) is 4.71. The zero-order valence-electron chi connectivity index (χ0n) is 11.8. The van der Waals surface area contributed by atoms with E-state index in [-0.39, 0.29) is 17.7 Å². The molecule has 0 radical (unpaired) electrons. The van der Waals surface area contributed by atoms with Gasteiger partial charge in [-0.1, -0.05) is 31.8 Å². The van der Waals surface area contributed by atoms with E-state index < -0.39 is 23.2 Å². The molecular formula is C14H18F3NO3. The van der Waals surface area contributed by atoms with Crippen LogP contribution in [0.2, 0.25) is 0 Å². The first kappa shape index (κ1) is 17.1. The highest BCUT2D eigenvalue weighted by Crippen LogP contribution is 2.38. The number of halogens is 3. The van der Waals surface area contributed by atoms with Crippen LogP contribution in [0.3, 0.4) is 0 Å². The summed E-state index contributed by atoms with van der Waals surface area (Å²) in [7, 11) is 0. The number of aryl methyl sites for hydroxylation is 1. The van der Waals surface area contributed by atoms with Crippen molar-refractivity contribution in [2.24, 2.45) is 5.16 Å². The molecule has 0 atom stereocenters. The lowest BCUT2D eigenvalue weighted by molar-refractivity contribution is -0.0602. The monoisotopic (exact) mass is 305 g/mol. The summed E-state index contributed by atoms with van der Waals surface area (Å²) < 4.78 is 38.6. The summed E-state index contributed by atoms with van der Waals surface area (Å²) in [4.78, 5) is 0. The van der Waals surface area contributed by atoms with Crippen LogP contribution in [0.25, 0.3) is 0 Å². The fourth-order valence-electron chi connectivity index (χ4n) is 2.17. The van der Waals surface area contributed by atoms with Gasteiger partial charge in [0, 0.05) is 5.56 Å². The number of aromatic hydroxyl groups is 2. The molecule has 1 aromatic carbocycles. The lowest BCUT2D eigenvalue weighted by atomic mass is 9.94. The predicted octanol–water partition coefficient (Wildman–Crippen LogP) is 3.74. The highest BCUT2D eigenvalue weighted by Gasteiger charge is 2.40. The Morgan fingerprint density at radius 2 is 1.67 bits per heavy atom. The molecule has 1 rings (SSSR count). The van der Waals surface area contributed by atoms with Crippen molar-refractivity contribution < 1.29 is 28.6 Å². The quantitative estimate of drug-likeness (QED) is 0.441. The number of phenols is 2. The maximum Gasteiger partial charge on any atom is 0.437 e. The normalized spacial score (nSPS) is 12.7. The molecule has 3 N–H and O–H groups in total. The van der Waals surface area contributed by atoms with Gasteiger partial charge in [-0.25, -0.2) is 0 Å². The number of hydrogen-bond donors (Lipinski definition) is 3. The Morgan fingerprint density at radius 3 is 2.10 bits per heavy atom.